The largest absolute Gasteiger partial charge is 0.404 e. The van der Waals surface area contributed by atoms with E-state index in [-0.39, 0.29) is 31.8 Å². The first-order chi connectivity index (χ1) is 13.4. The monoisotopic (exact) mass is 417 g/mol. The van der Waals surface area contributed by atoms with Gasteiger partial charge in [0.05, 0.1) is 19.8 Å². The summed E-state index contributed by atoms with van der Waals surface area (Å²) in [5.41, 5.74) is 4.86. The summed E-state index contributed by atoms with van der Waals surface area (Å²) in [6, 6.07) is 0. The van der Waals surface area contributed by atoms with Crippen LogP contribution < -0.4 is 11.1 Å². The Kier molecular flexibility index (Phi) is 8.15. The summed E-state index contributed by atoms with van der Waals surface area (Å²) in [5.74, 6) is 0.466. The molecule has 0 bridgehead atoms. The fourth-order valence-electron chi connectivity index (χ4n) is 2.73. The van der Waals surface area contributed by atoms with E-state index in [9.17, 15) is 8.78 Å². The van der Waals surface area contributed by atoms with Crippen molar-refractivity contribution in [2.24, 2.45) is 15.7 Å². The number of alkyl halides is 3. The molecule has 0 fully saturated rings. The molecule has 1 aromatic heterocycles. The van der Waals surface area contributed by atoms with Crippen LogP contribution in [0, 0.1) is 0 Å². The smallest absolute Gasteiger partial charge is 0.331 e. The van der Waals surface area contributed by atoms with Crippen LogP contribution in [-0.2, 0) is 9.47 Å². The van der Waals surface area contributed by atoms with Crippen molar-refractivity contribution in [3.63, 3.8) is 0 Å². The molecule has 11 heteroatoms. The Bertz CT molecular complexity index is 757. The number of aliphatic imine (C=N–C) groups is 2. The topological polar surface area (TPSA) is 94.1 Å². The van der Waals surface area contributed by atoms with Crippen molar-refractivity contribution in [2.75, 3.05) is 34.0 Å². The molecule has 1 aliphatic rings. The Morgan fingerprint density at radius 2 is 2.14 bits per heavy atom. The van der Waals surface area contributed by atoms with Crippen LogP contribution in [0.1, 0.15) is 11.4 Å². The number of aromatic nitrogens is 1. The van der Waals surface area contributed by atoms with Crippen molar-refractivity contribution in [1.29, 1.82) is 0 Å². The summed E-state index contributed by atoms with van der Waals surface area (Å²) < 4.78 is 50.3. The number of methoxy groups -OCH3 is 2. The number of hydrogen-bond acceptors (Lipinski definition) is 8. The van der Waals surface area contributed by atoms with E-state index in [4.69, 9.17) is 15.2 Å². The van der Waals surface area contributed by atoms with Gasteiger partial charge in [-0.3, -0.25) is 4.99 Å². The standard InChI is InChI=1S/C17H22F3N5O2S/c1-26-9-17(20,10-27-2)5-13-12(11(6-21)7-24-16(18)19)8-23-14(25-13)15-22-3-4-28-15/h3-4,6-7,16H,5,8-10,21H2,1-2H3,(H,23,25). The van der Waals surface area contributed by atoms with Gasteiger partial charge < -0.3 is 20.5 Å². The quantitative estimate of drug-likeness (QED) is 0.450. The number of rotatable bonds is 10. The van der Waals surface area contributed by atoms with Crippen molar-refractivity contribution in [2.45, 2.75) is 18.6 Å². The average molecular weight is 417 g/mol. The minimum Gasteiger partial charge on any atom is -0.404 e. The Morgan fingerprint density at radius 3 is 2.68 bits per heavy atom. The number of nitrogens with two attached hydrogens (primary N) is 1. The van der Waals surface area contributed by atoms with Crippen molar-refractivity contribution in [1.82, 2.24) is 10.3 Å². The zero-order valence-electron chi connectivity index (χ0n) is 15.5. The number of halogens is 3. The van der Waals surface area contributed by atoms with E-state index >= 15 is 4.39 Å². The molecule has 0 saturated carbocycles. The molecule has 0 atom stereocenters. The fourth-order valence-corrected chi connectivity index (χ4v) is 3.32. The van der Waals surface area contributed by atoms with Gasteiger partial charge in [-0.1, -0.05) is 0 Å². The van der Waals surface area contributed by atoms with Gasteiger partial charge in [0, 0.05) is 61.5 Å². The molecular weight excluding hydrogens is 395 g/mol. The summed E-state index contributed by atoms with van der Waals surface area (Å²) in [6.45, 7) is -3.20. The average Bonchev–Trinajstić information content (AvgIpc) is 3.18. The Labute approximate surface area is 164 Å². The van der Waals surface area contributed by atoms with E-state index < -0.39 is 12.2 Å². The third-order valence-electron chi connectivity index (χ3n) is 3.82. The summed E-state index contributed by atoms with van der Waals surface area (Å²) in [7, 11) is 2.77. The number of nitrogens with one attached hydrogen (secondary N) is 1. The molecule has 28 heavy (non-hydrogen) atoms. The van der Waals surface area contributed by atoms with E-state index in [1.54, 1.807) is 11.6 Å². The van der Waals surface area contributed by atoms with Crippen LogP contribution in [0.4, 0.5) is 13.2 Å². The first-order valence-corrected chi connectivity index (χ1v) is 9.14. The highest BCUT2D eigenvalue weighted by molar-refractivity contribution is 7.11. The fraction of sp³-hybridized carbons (Fsp3) is 0.471. The highest BCUT2D eigenvalue weighted by Crippen LogP contribution is 2.28. The second-order valence-electron chi connectivity index (χ2n) is 5.96. The second-order valence-corrected chi connectivity index (χ2v) is 6.85. The van der Waals surface area contributed by atoms with Crippen LogP contribution in [0.5, 0.6) is 0 Å². The first kappa shape index (κ1) is 22.1. The van der Waals surface area contributed by atoms with Gasteiger partial charge in [0.25, 0.3) is 0 Å². The lowest BCUT2D eigenvalue weighted by atomic mass is 9.94. The van der Waals surface area contributed by atoms with E-state index in [1.165, 1.54) is 25.6 Å². The Hall–Kier alpha value is -2.24. The van der Waals surface area contributed by atoms with E-state index in [1.807, 2.05) is 0 Å². The van der Waals surface area contributed by atoms with Crippen LogP contribution in [0.3, 0.4) is 0 Å². The number of ether oxygens (including phenoxy) is 2. The third-order valence-corrected chi connectivity index (χ3v) is 4.60. The normalized spacial score (nSPS) is 16.1. The van der Waals surface area contributed by atoms with Crippen LogP contribution >= 0.6 is 11.3 Å². The predicted molar refractivity (Wildman–Crippen MR) is 103 cm³/mol. The van der Waals surface area contributed by atoms with Crippen LogP contribution in [0.25, 0.3) is 0 Å². The minimum atomic E-state index is -2.88. The molecule has 1 aliphatic heterocycles. The van der Waals surface area contributed by atoms with Crippen molar-refractivity contribution >= 4 is 23.4 Å². The maximum Gasteiger partial charge on any atom is 0.331 e. The third kappa shape index (κ3) is 5.88. The molecule has 0 amide bonds. The summed E-state index contributed by atoms with van der Waals surface area (Å²) in [5, 5.41) is 5.47. The Morgan fingerprint density at radius 1 is 1.43 bits per heavy atom. The molecule has 1 aromatic rings. The van der Waals surface area contributed by atoms with Crippen molar-refractivity contribution in [3.05, 3.63) is 39.6 Å². The van der Waals surface area contributed by atoms with E-state index in [2.05, 4.69) is 20.3 Å². The SMILES string of the molecule is COCC(F)(COC)CC1=C(C(C=NC(F)F)=CN)CN=C(c2nccs2)N1. The van der Waals surface area contributed by atoms with Gasteiger partial charge in [0.2, 0.25) is 0 Å². The molecule has 3 N–H and O–H groups in total. The lowest BCUT2D eigenvalue weighted by Gasteiger charge is -2.29. The van der Waals surface area contributed by atoms with Gasteiger partial charge in [-0.25, -0.2) is 14.4 Å². The molecule has 0 saturated heterocycles. The zero-order valence-corrected chi connectivity index (χ0v) is 16.3. The molecule has 2 heterocycles. The van der Waals surface area contributed by atoms with E-state index in [0.29, 0.717) is 22.1 Å². The number of nitrogens with zero attached hydrogens (tertiary/aromatic N) is 3. The Balaban J connectivity index is 2.39. The predicted octanol–water partition coefficient (Wildman–Crippen LogP) is 2.27. The highest BCUT2D eigenvalue weighted by atomic mass is 32.1. The van der Waals surface area contributed by atoms with Gasteiger partial charge in [0.15, 0.2) is 16.5 Å². The van der Waals surface area contributed by atoms with E-state index in [0.717, 1.165) is 12.4 Å². The highest BCUT2D eigenvalue weighted by Gasteiger charge is 2.34. The molecule has 0 unspecified atom stereocenters. The summed E-state index contributed by atoms with van der Waals surface area (Å²) in [4.78, 5) is 11.6. The molecule has 0 spiro atoms. The molecule has 0 aromatic carbocycles. The number of thiazole rings is 1. The maximum atomic E-state index is 15.3. The maximum absolute atomic E-state index is 15.3. The molecule has 7 nitrogen and oxygen atoms in total. The molecule has 0 radical (unpaired) electrons. The summed E-state index contributed by atoms with van der Waals surface area (Å²) >= 11 is 1.36. The van der Waals surface area contributed by atoms with Gasteiger partial charge in [-0.15, -0.1) is 11.3 Å². The number of allylic oxidation sites excluding steroid dienone is 1. The van der Waals surface area contributed by atoms with Crippen molar-refractivity contribution < 1.29 is 22.6 Å². The summed E-state index contributed by atoms with van der Waals surface area (Å²) in [6.07, 6.45) is 3.59. The van der Waals surface area contributed by atoms with Gasteiger partial charge in [-0.2, -0.15) is 8.78 Å². The molecule has 0 aliphatic carbocycles. The number of hydrogen-bond donors (Lipinski definition) is 2. The second kappa shape index (κ2) is 10.3. The van der Waals surface area contributed by atoms with Gasteiger partial charge >= 0.3 is 6.55 Å². The van der Waals surface area contributed by atoms with Crippen LogP contribution in [0.2, 0.25) is 0 Å². The molecule has 154 valence electrons. The lowest BCUT2D eigenvalue weighted by Crippen LogP contribution is -2.40. The van der Waals surface area contributed by atoms with Gasteiger partial charge in [0.1, 0.15) is 0 Å². The minimum absolute atomic E-state index is 0.103. The number of amidine groups is 1. The van der Waals surface area contributed by atoms with Crippen LogP contribution in [0.15, 0.2) is 44.6 Å². The van der Waals surface area contributed by atoms with Gasteiger partial charge in [-0.05, 0) is 0 Å². The molecular formula is C17H22F3N5O2S. The van der Waals surface area contributed by atoms with Crippen LogP contribution in [-0.4, -0.2) is 63.2 Å². The zero-order chi connectivity index (χ0) is 20.6. The lowest BCUT2D eigenvalue weighted by molar-refractivity contribution is -0.0181. The first-order valence-electron chi connectivity index (χ1n) is 8.26. The van der Waals surface area contributed by atoms with Crippen molar-refractivity contribution in [3.8, 4) is 0 Å². The molecule has 2 rings (SSSR count).